The maximum absolute atomic E-state index is 6.50. The third kappa shape index (κ3) is 26.4. The second-order valence-electron chi connectivity index (χ2n) is 15.4. The van der Waals surface area contributed by atoms with Crippen molar-refractivity contribution in [3.8, 4) is 0 Å². The minimum Gasteiger partial charge on any atom is -0.374 e. The van der Waals surface area contributed by atoms with Crippen LogP contribution in [0.15, 0.2) is 54.6 Å². The van der Waals surface area contributed by atoms with Crippen molar-refractivity contribution in [1.82, 2.24) is 4.90 Å². The van der Waals surface area contributed by atoms with Crippen LogP contribution < -0.4 is 0 Å². The van der Waals surface area contributed by atoms with Crippen LogP contribution in [0.4, 0.5) is 0 Å². The first-order valence-electron chi connectivity index (χ1n) is 22.1. The second-order valence-corrected chi connectivity index (χ2v) is 15.4. The normalized spacial score (nSPS) is 16.8. The summed E-state index contributed by atoms with van der Waals surface area (Å²) in [5, 5.41) is 0. The average molecular weight is 694 g/mol. The van der Waals surface area contributed by atoms with E-state index in [0.717, 1.165) is 32.8 Å². The molecule has 288 valence electrons. The van der Waals surface area contributed by atoms with Gasteiger partial charge in [0.15, 0.2) is 0 Å². The Kier molecular flexibility index (Phi) is 31.0. The zero-order valence-electron chi connectivity index (χ0n) is 33.4. The van der Waals surface area contributed by atoms with Gasteiger partial charge in [0.25, 0.3) is 0 Å². The molecule has 0 aromatic heterocycles. The van der Waals surface area contributed by atoms with E-state index in [1.54, 1.807) is 0 Å². The number of hydrogen-bond donors (Lipinski definition) is 0. The topological polar surface area (TPSA) is 21.7 Å². The van der Waals surface area contributed by atoms with E-state index in [0.29, 0.717) is 0 Å². The summed E-state index contributed by atoms with van der Waals surface area (Å²) in [4.78, 5) is 2.54. The van der Waals surface area contributed by atoms with Gasteiger partial charge < -0.3 is 9.47 Å². The summed E-state index contributed by atoms with van der Waals surface area (Å²) >= 11 is 0. The van der Waals surface area contributed by atoms with Gasteiger partial charge in [0.05, 0.1) is 12.2 Å². The Morgan fingerprint density at radius 1 is 0.460 bits per heavy atom. The summed E-state index contributed by atoms with van der Waals surface area (Å²) in [5.41, 5.74) is 1.38. The van der Waals surface area contributed by atoms with Crippen LogP contribution in [0.2, 0.25) is 0 Å². The Bertz CT molecular complexity index is 830. The number of nitrogens with zero attached hydrogens (tertiary/aromatic N) is 1. The molecule has 0 saturated carbocycles. The molecule has 0 N–H and O–H groups in total. The molecule has 0 amide bonds. The van der Waals surface area contributed by atoms with Gasteiger partial charge in [-0.3, -0.25) is 4.90 Å². The van der Waals surface area contributed by atoms with Crippen LogP contribution in [0.1, 0.15) is 199 Å². The molecular weight excluding hydrogens is 611 g/mol. The third-order valence-corrected chi connectivity index (χ3v) is 10.5. The van der Waals surface area contributed by atoms with E-state index in [4.69, 9.17) is 9.47 Å². The lowest BCUT2D eigenvalue weighted by Crippen LogP contribution is -2.30. The Morgan fingerprint density at radius 2 is 0.800 bits per heavy atom. The summed E-state index contributed by atoms with van der Waals surface area (Å²) < 4.78 is 13.0. The van der Waals surface area contributed by atoms with Crippen LogP contribution in [-0.2, 0) is 16.0 Å². The number of benzene rings is 1. The Labute approximate surface area is 312 Å². The van der Waals surface area contributed by atoms with E-state index in [-0.39, 0.29) is 12.2 Å². The number of hydrogen-bond acceptors (Lipinski definition) is 3. The first kappa shape index (κ1) is 44.7. The molecule has 0 radical (unpaired) electrons. The molecule has 1 aromatic rings. The van der Waals surface area contributed by atoms with Crippen molar-refractivity contribution in [1.29, 1.82) is 0 Å². The minimum absolute atomic E-state index is 0.205. The average Bonchev–Trinajstić information content (AvgIpc) is 3.51. The maximum atomic E-state index is 6.50. The Balaban J connectivity index is 1.49. The molecule has 1 saturated heterocycles. The number of unbranched alkanes of at least 4 members (excludes halogenated alkanes) is 24. The molecule has 50 heavy (non-hydrogen) atoms. The smallest absolute Gasteiger partial charge is 0.0975 e. The van der Waals surface area contributed by atoms with Gasteiger partial charge in [-0.1, -0.05) is 184 Å². The highest BCUT2D eigenvalue weighted by atomic mass is 16.5. The summed E-state index contributed by atoms with van der Waals surface area (Å²) in [6.07, 6.45) is 47.7. The third-order valence-electron chi connectivity index (χ3n) is 10.5. The highest BCUT2D eigenvalue weighted by Gasteiger charge is 2.34. The number of rotatable bonds is 36. The van der Waals surface area contributed by atoms with Crippen LogP contribution in [-0.4, -0.2) is 43.4 Å². The van der Waals surface area contributed by atoms with Crippen molar-refractivity contribution >= 4 is 0 Å². The summed E-state index contributed by atoms with van der Waals surface area (Å²) in [6.45, 7) is 9.29. The molecule has 1 aromatic carbocycles. The van der Waals surface area contributed by atoms with Crippen molar-refractivity contribution in [2.45, 2.75) is 212 Å². The second kappa shape index (κ2) is 34.7. The van der Waals surface area contributed by atoms with Gasteiger partial charge in [0, 0.05) is 32.8 Å². The Morgan fingerprint density at radius 3 is 1.18 bits per heavy atom. The molecular formula is C47H83NO2. The molecule has 1 aliphatic rings. The standard InChI is InChI=1S/C47H83NO2/c1-3-5-7-9-11-13-15-17-19-21-23-25-27-29-31-36-40-49-46-43-48(42-45-38-34-33-35-39-45)44-47(46)50-41-37-32-30-28-26-24-22-20-18-16-14-12-10-8-6-4-2/h17-20,33-35,38-39,46-47H,3-16,21-32,36-37,40-44H2,1-2H3. The molecule has 3 nitrogen and oxygen atoms in total. The van der Waals surface area contributed by atoms with Gasteiger partial charge in [-0.2, -0.15) is 0 Å². The van der Waals surface area contributed by atoms with Gasteiger partial charge >= 0.3 is 0 Å². The molecule has 2 unspecified atom stereocenters. The van der Waals surface area contributed by atoms with Gasteiger partial charge in [-0.15, -0.1) is 0 Å². The number of allylic oxidation sites excluding steroid dienone is 4. The van der Waals surface area contributed by atoms with Crippen LogP contribution >= 0.6 is 0 Å². The predicted molar refractivity (Wildman–Crippen MR) is 220 cm³/mol. The summed E-state index contributed by atoms with van der Waals surface area (Å²) in [5.74, 6) is 0. The van der Waals surface area contributed by atoms with Crippen molar-refractivity contribution in [3.63, 3.8) is 0 Å². The molecule has 1 heterocycles. The van der Waals surface area contributed by atoms with Crippen LogP contribution in [0.5, 0.6) is 0 Å². The molecule has 0 bridgehead atoms. The van der Waals surface area contributed by atoms with Crippen molar-refractivity contribution in [3.05, 3.63) is 60.2 Å². The molecule has 2 atom stereocenters. The monoisotopic (exact) mass is 694 g/mol. The zero-order chi connectivity index (χ0) is 35.4. The van der Waals surface area contributed by atoms with Crippen molar-refractivity contribution < 1.29 is 9.47 Å². The lowest BCUT2D eigenvalue weighted by Gasteiger charge is -2.20. The molecule has 0 aliphatic carbocycles. The minimum atomic E-state index is 0.205. The first-order valence-corrected chi connectivity index (χ1v) is 22.1. The van der Waals surface area contributed by atoms with Crippen LogP contribution in [0, 0.1) is 0 Å². The lowest BCUT2D eigenvalue weighted by molar-refractivity contribution is -0.0481. The zero-order valence-corrected chi connectivity index (χ0v) is 33.4. The van der Waals surface area contributed by atoms with Crippen LogP contribution in [0.3, 0.4) is 0 Å². The Hall–Kier alpha value is -1.42. The quantitative estimate of drug-likeness (QED) is 0.0516. The van der Waals surface area contributed by atoms with Gasteiger partial charge in [-0.25, -0.2) is 0 Å². The summed E-state index contributed by atoms with van der Waals surface area (Å²) in [7, 11) is 0. The van der Waals surface area contributed by atoms with E-state index in [1.807, 2.05) is 0 Å². The lowest BCUT2D eigenvalue weighted by atomic mass is 10.1. The van der Waals surface area contributed by atoms with Crippen LogP contribution in [0.25, 0.3) is 0 Å². The maximum Gasteiger partial charge on any atom is 0.0975 e. The summed E-state index contributed by atoms with van der Waals surface area (Å²) in [6, 6.07) is 10.9. The fourth-order valence-corrected chi connectivity index (χ4v) is 7.28. The molecule has 2 rings (SSSR count). The van der Waals surface area contributed by atoms with E-state index < -0.39 is 0 Å². The largest absolute Gasteiger partial charge is 0.374 e. The first-order chi connectivity index (χ1) is 24.8. The highest BCUT2D eigenvalue weighted by Crippen LogP contribution is 2.21. The van der Waals surface area contributed by atoms with E-state index in [1.165, 1.54) is 185 Å². The van der Waals surface area contributed by atoms with Crippen molar-refractivity contribution in [2.24, 2.45) is 0 Å². The van der Waals surface area contributed by atoms with Gasteiger partial charge in [-0.05, 0) is 69.8 Å². The number of ether oxygens (including phenoxy) is 2. The van der Waals surface area contributed by atoms with E-state index in [9.17, 15) is 0 Å². The van der Waals surface area contributed by atoms with Gasteiger partial charge in [0.1, 0.15) is 0 Å². The van der Waals surface area contributed by atoms with E-state index >= 15 is 0 Å². The van der Waals surface area contributed by atoms with Gasteiger partial charge in [0.2, 0.25) is 0 Å². The highest BCUT2D eigenvalue weighted by molar-refractivity contribution is 5.14. The van der Waals surface area contributed by atoms with E-state index in [2.05, 4.69) is 73.4 Å². The molecule has 1 aliphatic heterocycles. The molecule has 1 fully saturated rings. The van der Waals surface area contributed by atoms with Crippen molar-refractivity contribution in [2.75, 3.05) is 26.3 Å². The fraction of sp³-hybridized carbons (Fsp3) is 0.787. The fourth-order valence-electron chi connectivity index (χ4n) is 7.28. The molecule has 3 heteroatoms. The number of likely N-dealkylation sites (tertiary alicyclic amines) is 1. The molecule has 0 spiro atoms. The predicted octanol–water partition coefficient (Wildman–Crippen LogP) is 14.3. The SMILES string of the molecule is CCCCCCCCC=CCCCCCCCCOC1CN(Cc2ccccc2)CC1OCCCCCCCCC=CCCCCCCCC.